The second-order valence-electron chi connectivity index (χ2n) is 4.39. The van der Waals surface area contributed by atoms with Gasteiger partial charge < -0.3 is 0 Å². The van der Waals surface area contributed by atoms with Gasteiger partial charge in [-0.2, -0.15) is 13.2 Å². The van der Waals surface area contributed by atoms with Crippen molar-refractivity contribution in [1.29, 1.82) is 0 Å². The highest BCUT2D eigenvalue weighted by Gasteiger charge is 2.30. The Kier molecular flexibility index (Phi) is 4.84. The van der Waals surface area contributed by atoms with Crippen molar-refractivity contribution < 1.29 is 22.8 Å². The van der Waals surface area contributed by atoms with Gasteiger partial charge in [0.2, 0.25) is 0 Å². The van der Waals surface area contributed by atoms with E-state index in [1.165, 1.54) is 17.4 Å². The number of halogens is 3. The highest BCUT2D eigenvalue weighted by atomic mass is 32.1. The molecule has 2 rings (SSSR count). The maximum absolute atomic E-state index is 12.6. The summed E-state index contributed by atoms with van der Waals surface area (Å²) in [5.41, 5.74) is 2.86. The fourth-order valence-electron chi connectivity index (χ4n) is 1.56. The van der Waals surface area contributed by atoms with Crippen LogP contribution in [-0.2, 0) is 6.18 Å². The number of hydrogen-bond donors (Lipinski definition) is 3. The summed E-state index contributed by atoms with van der Waals surface area (Å²) in [5, 5.41) is 2.69. The summed E-state index contributed by atoms with van der Waals surface area (Å²) in [5.74, 6) is -0.874. The van der Waals surface area contributed by atoms with Crippen LogP contribution >= 0.6 is 11.3 Å². The molecule has 1 heterocycles. The van der Waals surface area contributed by atoms with Crippen LogP contribution in [0, 0.1) is 6.92 Å². The summed E-state index contributed by atoms with van der Waals surface area (Å²) >= 11 is 1.23. The Morgan fingerprint density at radius 2 is 1.96 bits per heavy atom. The van der Waals surface area contributed by atoms with E-state index in [0.717, 1.165) is 17.0 Å². The fourth-order valence-corrected chi connectivity index (χ4v) is 2.22. The van der Waals surface area contributed by atoms with Crippen LogP contribution in [0.3, 0.4) is 0 Å². The Morgan fingerprint density at radius 1 is 1.22 bits per heavy atom. The fraction of sp³-hybridized carbons (Fsp3) is 0.154. The number of benzene rings is 1. The molecule has 0 aliphatic carbocycles. The monoisotopic (exact) mass is 344 g/mol. The van der Waals surface area contributed by atoms with Gasteiger partial charge in [-0.05, 0) is 25.1 Å². The molecule has 23 heavy (non-hydrogen) atoms. The van der Waals surface area contributed by atoms with Crippen LogP contribution in [0.5, 0.6) is 0 Å². The standard InChI is InChI=1S/C13H11F3N4O2S/c1-7-6-17-12(23-7)18-11(22)20-19-10(21)8-3-2-4-9(5-8)13(14,15)16/h2-6H,1H3,(H,19,21)(H2,17,18,20,22). The molecule has 0 saturated carbocycles. The summed E-state index contributed by atoms with van der Waals surface area (Å²) < 4.78 is 37.7. The number of urea groups is 1. The van der Waals surface area contributed by atoms with Crippen molar-refractivity contribution in [2.75, 3.05) is 5.32 Å². The minimum Gasteiger partial charge on any atom is -0.282 e. The van der Waals surface area contributed by atoms with Gasteiger partial charge in [-0.3, -0.25) is 15.5 Å². The van der Waals surface area contributed by atoms with Crippen molar-refractivity contribution in [3.63, 3.8) is 0 Å². The zero-order chi connectivity index (χ0) is 17.0. The third-order valence-corrected chi connectivity index (χ3v) is 3.41. The highest BCUT2D eigenvalue weighted by molar-refractivity contribution is 7.15. The molecular formula is C13H11F3N4O2S. The van der Waals surface area contributed by atoms with Crippen molar-refractivity contribution in [3.8, 4) is 0 Å². The number of rotatable bonds is 2. The van der Waals surface area contributed by atoms with Crippen LogP contribution in [0.2, 0.25) is 0 Å². The van der Waals surface area contributed by atoms with E-state index in [4.69, 9.17) is 0 Å². The smallest absolute Gasteiger partial charge is 0.282 e. The van der Waals surface area contributed by atoms with Crippen molar-refractivity contribution in [2.24, 2.45) is 0 Å². The first kappa shape index (κ1) is 16.7. The van der Waals surface area contributed by atoms with Gasteiger partial charge in [-0.15, -0.1) is 11.3 Å². The molecule has 3 N–H and O–H groups in total. The zero-order valence-corrected chi connectivity index (χ0v) is 12.5. The predicted octanol–water partition coefficient (Wildman–Crippen LogP) is 2.94. The van der Waals surface area contributed by atoms with Gasteiger partial charge in [-0.1, -0.05) is 6.07 Å². The van der Waals surface area contributed by atoms with Gasteiger partial charge in [0, 0.05) is 16.6 Å². The molecule has 2 aromatic rings. The zero-order valence-electron chi connectivity index (χ0n) is 11.7. The lowest BCUT2D eigenvalue weighted by Gasteiger charge is -2.10. The summed E-state index contributed by atoms with van der Waals surface area (Å²) in [4.78, 5) is 28.1. The number of hydrogen-bond acceptors (Lipinski definition) is 4. The summed E-state index contributed by atoms with van der Waals surface area (Å²) in [6.45, 7) is 1.80. The molecule has 0 radical (unpaired) electrons. The first-order valence-electron chi connectivity index (χ1n) is 6.23. The van der Waals surface area contributed by atoms with E-state index < -0.39 is 23.7 Å². The van der Waals surface area contributed by atoms with Crippen LogP contribution in [-0.4, -0.2) is 16.9 Å². The molecule has 0 unspecified atom stereocenters. The number of thiazole rings is 1. The van der Waals surface area contributed by atoms with Crippen molar-refractivity contribution >= 4 is 28.4 Å². The molecule has 6 nitrogen and oxygen atoms in total. The molecule has 122 valence electrons. The third kappa shape index (κ3) is 4.68. The van der Waals surface area contributed by atoms with Crippen molar-refractivity contribution in [2.45, 2.75) is 13.1 Å². The van der Waals surface area contributed by atoms with Crippen LogP contribution < -0.4 is 16.2 Å². The third-order valence-electron chi connectivity index (χ3n) is 2.58. The molecule has 0 fully saturated rings. The van der Waals surface area contributed by atoms with Crippen LogP contribution in [0.1, 0.15) is 20.8 Å². The highest BCUT2D eigenvalue weighted by Crippen LogP contribution is 2.29. The first-order valence-corrected chi connectivity index (χ1v) is 7.04. The number of nitrogens with zero attached hydrogens (tertiary/aromatic N) is 1. The lowest BCUT2D eigenvalue weighted by molar-refractivity contribution is -0.137. The van der Waals surface area contributed by atoms with Crippen LogP contribution in [0.25, 0.3) is 0 Å². The van der Waals surface area contributed by atoms with Gasteiger partial charge in [0.1, 0.15) is 0 Å². The second kappa shape index (κ2) is 6.65. The number of aryl methyl sites for hydroxylation is 1. The largest absolute Gasteiger partial charge is 0.416 e. The number of amides is 3. The molecular weight excluding hydrogens is 333 g/mol. The number of carbonyl (C=O) groups is 2. The maximum Gasteiger partial charge on any atom is 0.416 e. The second-order valence-corrected chi connectivity index (χ2v) is 5.62. The molecule has 0 bridgehead atoms. The number of alkyl halides is 3. The predicted molar refractivity (Wildman–Crippen MR) is 77.9 cm³/mol. The number of aromatic nitrogens is 1. The Bertz CT molecular complexity index is 730. The number of carbonyl (C=O) groups excluding carboxylic acids is 2. The normalized spacial score (nSPS) is 11.0. The van der Waals surface area contributed by atoms with E-state index in [1.807, 2.05) is 10.9 Å². The van der Waals surface area contributed by atoms with Crippen molar-refractivity contribution in [3.05, 3.63) is 46.5 Å². The minimum absolute atomic E-state index is 0.231. The Labute approximate surface area is 132 Å². The first-order chi connectivity index (χ1) is 10.8. The quantitative estimate of drug-likeness (QED) is 0.733. The topological polar surface area (TPSA) is 83.1 Å². The van der Waals surface area contributed by atoms with Gasteiger partial charge >= 0.3 is 12.2 Å². The summed E-state index contributed by atoms with van der Waals surface area (Å²) in [6.07, 6.45) is -2.99. The van der Waals surface area contributed by atoms with E-state index in [9.17, 15) is 22.8 Å². The molecule has 1 aromatic heterocycles. The van der Waals surface area contributed by atoms with E-state index in [1.54, 1.807) is 13.1 Å². The van der Waals surface area contributed by atoms with Gasteiger partial charge in [0.25, 0.3) is 5.91 Å². The van der Waals surface area contributed by atoms with E-state index in [0.29, 0.717) is 11.2 Å². The Hall–Kier alpha value is -2.62. The number of nitrogens with one attached hydrogen (secondary N) is 3. The molecule has 0 aliphatic rings. The molecule has 1 aromatic carbocycles. The summed E-state index contributed by atoms with van der Waals surface area (Å²) in [6, 6.07) is 3.09. The van der Waals surface area contributed by atoms with Crippen molar-refractivity contribution in [1.82, 2.24) is 15.8 Å². The van der Waals surface area contributed by atoms with E-state index in [2.05, 4.69) is 10.3 Å². The van der Waals surface area contributed by atoms with E-state index >= 15 is 0 Å². The molecule has 3 amide bonds. The SMILES string of the molecule is Cc1cnc(NC(=O)NNC(=O)c2cccc(C(F)(F)F)c2)s1. The molecule has 0 atom stereocenters. The molecule has 0 saturated heterocycles. The Morgan fingerprint density at radius 3 is 2.57 bits per heavy atom. The Balaban J connectivity index is 1.93. The molecule has 10 heteroatoms. The molecule has 0 aliphatic heterocycles. The summed E-state index contributed by atoms with van der Waals surface area (Å²) in [7, 11) is 0. The maximum atomic E-state index is 12.6. The lowest BCUT2D eigenvalue weighted by atomic mass is 10.1. The molecule has 0 spiro atoms. The minimum atomic E-state index is -4.55. The lowest BCUT2D eigenvalue weighted by Crippen LogP contribution is -2.43. The van der Waals surface area contributed by atoms with E-state index in [-0.39, 0.29) is 5.56 Å². The van der Waals surface area contributed by atoms with Crippen LogP contribution in [0.15, 0.2) is 30.5 Å². The van der Waals surface area contributed by atoms with Gasteiger partial charge in [0.15, 0.2) is 5.13 Å². The van der Waals surface area contributed by atoms with Gasteiger partial charge in [-0.25, -0.2) is 15.2 Å². The average molecular weight is 344 g/mol. The van der Waals surface area contributed by atoms with Gasteiger partial charge in [0.05, 0.1) is 5.56 Å². The van der Waals surface area contributed by atoms with Crippen LogP contribution in [0.4, 0.5) is 23.1 Å². The number of hydrazine groups is 1. The average Bonchev–Trinajstić information content (AvgIpc) is 2.89. The number of anilines is 1.